The lowest BCUT2D eigenvalue weighted by Crippen LogP contribution is -2.01. The predicted molar refractivity (Wildman–Crippen MR) is 116 cm³/mol. The number of hydrogen-bond acceptors (Lipinski definition) is 1. The van der Waals surface area contributed by atoms with Crippen LogP contribution in [0.1, 0.15) is 34.7 Å². The van der Waals surface area contributed by atoms with Crippen LogP contribution in [0.2, 0.25) is 0 Å². The third kappa shape index (κ3) is 4.90. The van der Waals surface area contributed by atoms with Gasteiger partial charge in [-0.1, -0.05) is 60.7 Å². The van der Waals surface area contributed by atoms with Crippen molar-refractivity contribution in [1.29, 1.82) is 0 Å². The average Bonchev–Trinajstić information content (AvgIpc) is 3.20. The lowest BCUT2D eigenvalue weighted by Gasteiger charge is -2.16. The standard InChI is InChI=1S/C26H22F2N2/c27-23-13-9-21(10-14-23)26(22-11-15-24(28)16-12-22)8-4-7-25-17-29-19-30(25)18-20-5-2-1-3-6-20/h1-7,9-17,19,26H,8,18H2. The van der Waals surface area contributed by atoms with Crippen molar-refractivity contribution in [2.45, 2.75) is 18.9 Å². The third-order valence-corrected chi connectivity index (χ3v) is 5.15. The summed E-state index contributed by atoms with van der Waals surface area (Å²) in [5.74, 6) is -0.526. The van der Waals surface area contributed by atoms with E-state index in [1.165, 1.54) is 29.8 Å². The molecule has 0 radical (unpaired) electrons. The molecule has 4 heteroatoms. The Morgan fingerprint density at radius 1 is 0.800 bits per heavy atom. The van der Waals surface area contributed by atoms with Gasteiger partial charge in [-0.2, -0.15) is 0 Å². The van der Waals surface area contributed by atoms with Crippen molar-refractivity contribution in [3.63, 3.8) is 0 Å². The van der Waals surface area contributed by atoms with E-state index in [0.717, 1.165) is 23.4 Å². The Morgan fingerprint density at radius 2 is 1.40 bits per heavy atom. The van der Waals surface area contributed by atoms with Crippen LogP contribution in [-0.4, -0.2) is 9.55 Å². The highest BCUT2D eigenvalue weighted by Gasteiger charge is 2.13. The van der Waals surface area contributed by atoms with E-state index in [4.69, 9.17) is 0 Å². The Bertz CT molecular complexity index is 1050. The summed E-state index contributed by atoms with van der Waals surface area (Å²) in [7, 11) is 0. The van der Waals surface area contributed by atoms with Gasteiger partial charge in [0.25, 0.3) is 0 Å². The molecule has 150 valence electrons. The Balaban J connectivity index is 1.54. The summed E-state index contributed by atoms with van der Waals surface area (Å²) in [6, 6.07) is 23.2. The van der Waals surface area contributed by atoms with Crippen LogP contribution >= 0.6 is 0 Å². The van der Waals surface area contributed by atoms with Crippen molar-refractivity contribution in [2.24, 2.45) is 0 Å². The number of halogens is 2. The maximum Gasteiger partial charge on any atom is 0.123 e. The maximum atomic E-state index is 13.4. The van der Waals surface area contributed by atoms with Crippen LogP contribution in [0.15, 0.2) is 97.5 Å². The number of rotatable bonds is 7. The zero-order valence-corrected chi connectivity index (χ0v) is 16.5. The lowest BCUT2D eigenvalue weighted by molar-refractivity contribution is 0.624. The predicted octanol–water partition coefficient (Wildman–Crippen LogP) is 6.45. The zero-order valence-electron chi connectivity index (χ0n) is 16.5. The van der Waals surface area contributed by atoms with Crippen LogP contribution in [0.5, 0.6) is 0 Å². The lowest BCUT2D eigenvalue weighted by atomic mass is 9.88. The van der Waals surface area contributed by atoms with E-state index in [9.17, 15) is 8.78 Å². The quantitative estimate of drug-likeness (QED) is 0.349. The van der Waals surface area contributed by atoms with Crippen LogP contribution < -0.4 is 0 Å². The topological polar surface area (TPSA) is 17.8 Å². The largest absolute Gasteiger partial charge is 0.327 e. The molecule has 1 aromatic heterocycles. The Morgan fingerprint density at radius 3 is 2.00 bits per heavy atom. The van der Waals surface area contributed by atoms with Gasteiger partial charge in [0.2, 0.25) is 0 Å². The van der Waals surface area contributed by atoms with E-state index in [2.05, 4.69) is 33.8 Å². The average molecular weight is 400 g/mol. The van der Waals surface area contributed by atoms with Gasteiger partial charge in [0.1, 0.15) is 11.6 Å². The second-order valence-corrected chi connectivity index (χ2v) is 7.23. The molecule has 0 aliphatic rings. The van der Waals surface area contributed by atoms with Crippen molar-refractivity contribution in [1.82, 2.24) is 9.55 Å². The van der Waals surface area contributed by atoms with E-state index in [-0.39, 0.29) is 17.6 Å². The van der Waals surface area contributed by atoms with E-state index >= 15 is 0 Å². The van der Waals surface area contributed by atoms with Crippen LogP contribution in [0, 0.1) is 11.6 Å². The minimum atomic E-state index is -0.267. The van der Waals surface area contributed by atoms with Gasteiger partial charge in [-0.15, -0.1) is 0 Å². The first-order valence-electron chi connectivity index (χ1n) is 9.90. The fraction of sp³-hybridized carbons (Fsp3) is 0.115. The molecule has 0 atom stereocenters. The molecule has 0 bridgehead atoms. The molecule has 30 heavy (non-hydrogen) atoms. The zero-order chi connectivity index (χ0) is 20.8. The van der Waals surface area contributed by atoms with Crippen molar-refractivity contribution < 1.29 is 8.78 Å². The Hall–Kier alpha value is -3.53. The molecule has 0 aliphatic heterocycles. The molecular formula is C26H22F2N2. The van der Waals surface area contributed by atoms with Gasteiger partial charge < -0.3 is 4.57 Å². The first-order valence-corrected chi connectivity index (χ1v) is 9.90. The van der Waals surface area contributed by atoms with Gasteiger partial charge in [-0.3, -0.25) is 0 Å². The van der Waals surface area contributed by atoms with Crippen molar-refractivity contribution >= 4 is 6.08 Å². The minimum absolute atomic E-state index is 0.00736. The SMILES string of the molecule is Fc1ccc(C(CC=Cc2cncn2Cc2ccccc2)c2ccc(F)cc2)cc1. The maximum absolute atomic E-state index is 13.4. The van der Waals surface area contributed by atoms with Crippen LogP contribution in [0.4, 0.5) is 8.78 Å². The summed E-state index contributed by atoms with van der Waals surface area (Å²) in [5, 5.41) is 0. The normalized spacial score (nSPS) is 11.4. The second kappa shape index (κ2) is 9.31. The highest BCUT2D eigenvalue weighted by Crippen LogP contribution is 2.29. The summed E-state index contributed by atoms with van der Waals surface area (Å²) in [6.45, 7) is 0.750. The van der Waals surface area contributed by atoms with Gasteiger partial charge in [0.15, 0.2) is 0 Å². The molecule has 0 amide bonds. The number of nitrogens with zero attached hydrogens (tertiary/aromatic N) is 2. The molecule has 0 unspecified atom stereocenters. The smallest absolute Gasteiger partial charge is 0.123 e. The van der Waals surface area contributed by atoms with Crippen LogP contribution in [-0.2, 0) is 6.54 Å². The van der Waals surface area contributed by atoms with Crippen molar-refractivity contribution in [2.75, 3.05) is 0 Å². The molecule has 4 rings (SSSR count). The van der Waals surface area contributed by atoms with Gasteiger partial charge in [-0.05, 0) is 53.5 Å². The van der Waals surface area contributed by atoms with Crippen LogP contribution in [0.25, 0.3) is 6.08 Å². The number of aromatic nitrogens is 2. The Kier molecular flexibility index (Phi) is 6.14. The molecule has 0 saturated carbocycles. The molecule has 0 aliphatic carbocycles. The molecule has 4 aromatic rings. The minimum Gasteiger partial charge on any atom is -0.327 e. The van der Waals surface area contributed by atoms with Gasteiger partial charge >= 0.3 is 0 Å². The van der Waals surface area contributed by atoms with E-state index in [1.807, 2.05) is 30.7 Å². The number of imidazole rings is 1. The molecule has 0 N–H and O–H groups in total. The van der Waals surface area contributed by atoms with E-state index in [0.29, 0.717) is 6.42 Å². The number of hydrogen-bond donors (Lipinski definition) is 0. The summed E-state index contributed by atoms with van der Waals surface area (Å²) in [6.07, 6.45) is 8.51. The third-order valence-electron chi connectivity index (χ3n) is 5.15. The molecule has 0 spiro atoms. The number of allylic oxidation sites excluding steroid dienone is 1. The number of benzene rings is 3. The van der Waals surface area contributed by atoms with Crippen LogP contribution in [0.3, 0.4) is 0 Å². The van der Waals surface area contributed by atoms with E-state index in [1.54, 1.807) is 24.3 Å². The first kappa shape index (κ1) is 19.8. The highest BCUT2D eigenvalue weighted by atomic mass is 19.1. The molecule has 3 aromatic carbocycles. The summed E-state index contributed by atoms with van der Waals surface area (Å²) >= 11 is 0. The molecule has 1 heterocycles. The first-order chi connectivity index (χ1) is 14.7. The monoisotopic (exact) mass is 400 g/mol. The molecule has 0 fully saturated rings. The molecule has 2 nitrogen and oxygen atoms in total. The van der Waals surface area contributed by atoms with Gasteiger partial charge in [-0.25, -0.2) is 13.8 Å². The summed E-state index contributed by atoms with van der Waals surface area (Å²) < 4.78 is 28.9. The highest BCUT2D eigenvalue weighted by molar-refractivity contribution is 5.45. The molecule has 0 saturated heterocycles. The second-order valence-electron chi connectivity index (χ2n) is 7.23. The molecular weight excluding hydrogens is 378 g/mol. The summed E-state index contributed by atoms with van der Waals surface area (Å²) in [4.78, 5) is 4.28. The van der Waals surface area contributed by atoms with Crippen molar-refractivity contribution in [3.8, 4) is 0 Å². The van der Waals surface area contributed by atoms with Crippen molar-refractivity contribution in [3.05, 3.63) is 131 Å². The van der Waals surface area contributed by atoms with Gasteiger partial charge in [0, 0.05) is 12.5 Å². The van der Waals surface area contributed by atoms with Gasteiger partial charge in [0.05, 0.1) is 18.2 Å². The summed E-state index contributed by atoms with van der Waals surface area (Å²) in [5.41, 5.74) is 4.20. The Labute approximate surface area is 175 Å². The van der Waals surface area contributed by atoms with E-state index < -0.39 is 0 Å². The fourth-order valence-corrected chi connectivity index (χ4v) is 3.56. The fourth-order valence-electron chi connectivity index (χ4n) is 3.56.